The molecule has 1 heterocycles. The van der Waals surface area contributed by atoms with Crippen molar-refractivity contribution in [2.75, 3.05) is 14.2 Å². The summed E-state index contributed by atoms with van der Waals surface area (Å²) in [6.07, 6.45) is 12.7. The van der Waals surface area contributed by atoms with E-state index in [2.05, 4.69) is 15.7 Å². The van der Waals surface area contributed by atoms with E-state index in [0.29, 0.717) is 28.4 Å². The maximum absolute atomic E-state index is 13.8. The number of aromatic nitrogens is 2. The summed E-state index contributed by atoms with van der Waals surface area (Å²) in [5.74, 6) is 1.06. The Bertz CT molecular complexity index is 1360. The van der Waals surface area contributed by atoms with Crippen molar-refractivity contribution in [1.29, 1.82) is 0 Å². The highest BCUT2D eigenvalue weighted by atomic mass is 19.1. The molecule has 1 aromatic heterocycles. The second kappa shape index (κ2) is 14.5. The lowest BCUT2D eigenvalue weighted by Crippen LogP contribution is -2.44. The summed E-state index contributed by atoms with van der Waals surface area (Å²) < 4.78 is 26.7. The molecule has 9 heteroatoms. The maximum atomic E-state index is 13.8. The van der Waals surface area contributed by atoms with E-state index in [9.17, 15) is 14.0 Å². The Kier molecular flexibility index (Phi) is 10.3. The summed E-state index contributed by atoms with van der Waals surface area (Å²) in [7, 11) is 3.13. The lowest BCUT2D eigenvalue weighted by atomic mass is 9.85. The minimum Gasteiger partial charge on any atom is -0.496 e. The van der Waals surface area contributed by atoms with Crippen LogP contribution in [0.5, 0.6) is 11.5 Å². The number of ether oxygens (including phenoxy) is 2. The van der Waals surface area contributed by atoms with Gasteiger partial charge in [-0.1, -0.05) is 51.0 Å². The molecule has 2 amide bonds. The smallest absolute Gasteiger partial charge is 0.272 e. The van der Waals surface area contributed by atoms with E-state index < -0.39 is 0 Å². The molecule has 0 radical (unpaired) electrons. The van der Waals surface area contributed by atoms with Crippen molar-refractivity contribution in [3.63, 3.8) is 0 Å². The SMILES string of the molecule is COc1cccc(OC)c1-c1cc(C(=O)N[C@@H](CCCC2CCCCC2)CC(=O)NC2CCC2)nn1-c1ccc(F)cc1. The van der Waals surface area contributed by atoms with E-state index in [-0.39, 0.29) is 41.8 Å². The predicted molar refractivity (Wildman–Crippen MR) is 164 cm³/mol. The summed E-state index contributed by atoms with van der Waals surface area (Å²) in [5.41, 5.74) is 1.94. The molecule has 230 valence electrons. The minimum atomic E-state index is -0.374. The standard InChI is InChI=1S/C34H43FN4O4/c1-42-30-15-8-16-31(43-2)33(30)29-22-28(38-39(29)27-19-17-24(35)18-20-27)34(41)37-26(21-32(40)36-25-12-7-13-25)14-6-11-23-9-4-3-5-10-23/h8,15-20,22-23,25-26H,3-7,9-14,21H2,1-2H3,(H,36,40)(H,37,41)/t26-/m0/s1. The van der Waals surface area contributed by atoms with E-state index in [0.717, 1.165) is 44.4 Å². The van der Waals surface area contributed by atoms with Crippen LogP contribution >= 0.6 is 0 Å². The summed E-state index contributed by atoms with van der Waals surface area (Å²) in [4.78, 5) is 26.6. The highest BCUT2D eigenvalue weighted by Crippen LogP contribution is 2.39. The molecular weight excluding hydrogens is 547 g/mol. The Balaban J connectivity index is 1.40. The average molecular weight is 591 g/mol. The number of amides is 2. The van der Waals surface area contributed by atoms with Crippen LogP contribution in [0.3, 0.4) is 0 Å². The van der Waals surface area contributed by atoms with Crippen LogP contribution in [0.4, 0.5) is 4.39 Å². The van der Waals surface area contributed by atoms with E-state index >= 15 is 0 Å². The van der Waals surface area contributed by atoms with Gasteiger partial charge in [0.2, 0.25) is 5.91 Å². The van der Waals surface area contributed by atoms with E-state index in [1.54, 1.807) is 37.1 Å². The molecule has 0 unspecified atom stereocenters. The van der Waals surface area contributed by atoms with Crippen molar-refractivity contribution < 1.29 is 23.5 Å². The Morgan fingerprint density at radius 3 is 2.30 bits per heavy atom. The number of rotatable bonds is 13. The highest BCUT2D eigenvalue weighted by molar-refractivity contribution is 5.95. The van der Waals surface area contributed by atoms with Crippen molar-refractivity contribution in [3.8, 4) is 28.4 Å². The molecule has 2 aromatic carbocycles. The molecule has 43 heavy (non-hydrogen) atoms. The van der Waals surface area contributed by atoms with Crippen LogP contribution in [0.1, 0.15) is 87.5 Å². The number of hydrogen-bond acceptors (Lipinski definition) is 5. The fourth-order valence-corrected chi connectivity index (χ4v) is 6.23. The van der Waals surface area contributed by atoms with Gasteiger partial charge in [0.1, 0.15) is 17.3 Å². The number of nitrogens with zero attached hydrogens (tertiary/aromatic N) is 2. The highest BCUT2D eigenvalue weighted by Gasteiger charge is 2.26. The van der Waals surface area contributed by atoms with Gasteiger partial charge in [-0.15, -0.1) is 0 Å². The molecular formula is C34H43FN4O4. The molecule has 1 atom stereocenters. The van der Waals surface area contributed by atoms with Crippen LogP contribution in [0, 0.1) is 11.7 Å². The molecule has 2 saturated carbocycles. The summed E-state index contributed by atoms with van der Waals surface area (Å²) in [5, 5.41) is 10.9. The number of halogens is 1. The van der Waals surface area contributed by atoms with Gasteiger partial charge in [-0.05, 0) is 74.1 Å². The summed E-state index contributed by atoms with van der Waals surface area (Å²) in [6, 6.07) is 13.0. The first-order valence-electron chi connectivity index (χ1n) is 15.6. The topological polar surface area (TPSA) is 94.5 Å². The quantitative estimate of drug-likeness (QED) is 0.234. The number of methoxy groups -OCH3 is 2. The van der Waals surface area contributed by atoms with Gasteiger partial charge in [-0.3, -0.25) is 9.59 Å². The zero-order chi connectivity index (χ0) is 30.2. The van der Waals surface area contributed by atoms with E-state index in [1.165, 1.54) is 44.2 Å². The van der Waals surface area contributed by atoms with Crippen LogP contribution < -0.4 is 20.1 Å². The molecule has 0 bridgehead atoms. The molecule has 0 spiro atoms. The van der Waals surface area contributed by atoms with Crippen molar-refractivity contribution in [1.82, 2.24) is 20.4 Å². The third-order valence-electron chi connectivity index (χ3n) is 8.82. The number of benzene rings is 2. The van der Waals surface area contributed by atoms with E-state index in [4.69, 9.17) is 9.47 Å². The second-order valence-corrected chi connectivity index (χ2v) is 11.8. The number of hydrogen-bond donors (Lipinski definition) is 2. The fourth-order valence-electron chi connectivity index (χ4n) is 6.23. The molecule has 8 nitrogen and oxygen atoms in total. The first-order chi connectivity index (χ1) is 20.9. The predicted octanol–water partition coefficient (Wildman–Crippen LogP) is 6.60. The zero-order valence-electron chi connectivity index (χ0n) is 25.2. The van der Waals surface area contributed by atoms with Gasteiger partial charge in [-0.2, -0.15) is 5.10 Å². The Hall–Kier alpha value is -3.88. The molecule has 2 aliphatic carbocycles. The van der Waals surface area contributed by atoms with Crippen LogP contribution in [-0.2, 0) is 4.79 Å². The molecule has 0 aliphatic heterocycles. The molecule has 2 aliphatic rings. The Morgan fingerprint density at radius 2 is 1.67 bits per heavy atom. The van der Waals surface area contributed by atoms with Crippen molar-refractivity contribution in [2.45, 2.75) is 89.1 Å². The minimum absolute atomic E-state index is 0.0241. The third kappa shape index (κ3) is 7.75. The normalized spacial score (nSPS) is 16.3. The van der Waals surface area contributed by atoms with Crippen LogP contribution in [0.25, 0.3) is 16.9 Å². The second-order valence-electron chi connectivity index (χ2n) is 11.8. The molecule has 2 N–H and O–H groups in total. The molecule has 0 saturated heterocycles. The van der Waals surface area contributed by atoms with Crippen LogP contribution in [0.15, 0.2) is 48.5 Å². The monoisotopic (exact) mass is 590 g/mol. The van der Waals surface area contributed by atoms with Gasteiger partial charge in [-0.25, -0.2) is 9.07 Å². The summed E-state index contributed by atoms with van der Waals surface area (Å²) in [6.45, 7) is 0. The third-order valence-corrected chi connectivity index (χ3v) is 8.82. The Labute approximate surface area is 253 Å². The summed E-state index contributed by atoms with van der Waals surface area (Å²) >= 11 is 0. The number of carbonyl (C=O) groups is 2. The molecule has 5 rings (SSSR count). The first kappa shape index (κ1) is 30.6. The van der Waals surface area contributed by atoms with Gasteiger partial charge in [0.05, 0.1) is 31.2 Å². The lowest BCUT2D eigenvalue weighted by Gasteiger charge is -2.28. The Morgan fingerprint density at radius 1 is 0.977 bits per heavy atom. The largest absolute Gasteiger partial charge is 0.496 e. The van der Waals surface area contributed by atoms with Gasteiger partial charge >= 0.3 is 0 Å². The van der Waals surface area contributed by atoms with Crippen LogP contribution in [0.2, 0.25) is 0 Å². The molecule has 2 fully saturated rings. The van der Waals surface area contributed by atoms with Crippen molar-refractivity contribution >= 4 is 11.8 Å². The number of carbonyl (C=O) groups excluding carboxylic acids is 2. The first-order valence-corrected chi connectivity index (χ1v) is 15.6. The fraction of sp³-hybridized carbons (Fsp3) is 0.500. The van der Waals surface area contributed by atoms with Crippen molar-refractivity contribution in [2.24, 2.45) is 5.92 Å². The van der Waals surface area contributed by atoms with Crippen LogP contribution in [-0.4, -0.2) is 47.9 Å². The van der Waals surface area contributed by atoms with E-state index in [1.807, 2.05) is 18.2 Å². The van der Waals surface area contributed by atoms with Gasteiger partial charge in [0.15, 0.2) is 5.69 Å². The van der Waals surface area contributed by atoms with Gasteiger partial charge in [0, 0.05) is 18.5 Å². The van der Waals surface area contributed by atoms with Crippen molar-refractivity contribution in [3.05, 3.63) is 60.0 Å². The van der Waals surface area contributed by atoms with Gasteiger partial charge in [0.25, 0.3) is 5.91 Å². The van der Waals surface area contributed by atoms with Gasteiger partial charge < -0.3 is 20.1 Å². The lowest BCUT2D eigenvalue weighted by molar-refractivity contribution is -0.122. The maximum Gasteiger partial charge on any atom is 0.272 e. The average Bonchev–Trinajstić information content (AvgIpc) is 3.44. The number of nitrogens with one attached hydrogen (secondary N) is 2. The molecule has 3 aromatic rings. The zero-order valence-corrected chi connectivity index (χ0v) is 25.2.